The molecule has 2 aromatic rings. The van der Waals surface area contributed by atoms with Gasteiger partial charge in [-0.3, -0.25) is 4.79 Å². The van der Waals surface area contributed by atoms with E-state index in [-0.39, 0.29) is 5.78 Å². The molecule has 1 saturated carbocycles. The zero-order valence-corrected chi connectivity index (χ0v) is 13.9. The molecule has 0 saturated heterocycles. The first-order valence-electron chi connectivity index (χ1n) is 7.93. The zero-order chi connectivity index (χ0) is 16.9. The minimum absolute atomic E-state index is 0.126. The van der Waals surface area contributed by atoms with Crippen LogP contribution in [0.2, 0.25) is 0 Å². The lowest BCUT2D eigenvalue weighted by Gasteiger charge is -2.02. The molecule has 1 aliphatic rings. The minimum atomic E-state index is 0.126. The van der Waals surface area contributed by atoms with Crippen molar-refractivity contribution in [1.82, 2.24) is 0 Å². The Hall–Kier alpha value is -2.81. The number of hydrogen-bond acceptors (Lipinski definition) is 3. The third-order valence-corrected chi connectivity index (χ3v) is 4.12. The fraction of sp³-hybridized carbons (Fsp3) is 0.190. The van der Waals surface area contributed by atoms with Crippen LogP contribution in [0.25, 0.3) is 12.2 Å². The molecule has 0 bridgehead atoms. The van der Waals surface area contributed by atoms with Gasteiger partial charge in [0, 0.05) is 11.1 Å². The smallest absolute Gasteiger partial charge is 0.185 e. The maximum absolute atomic E-state index is 12.6. The fourth-order valence-electron chi connectivity index (χ4n) is 2.84. The van der Waals surface area contributed by atoms with E-state index in [0.29, 0.717) is 0 Å². The van der Waals surface area contributed by atoms with Crippen molar-refractivity contribution in [2.24, 2.45) is 0 Å². The van der Waals surface area contributed by atoms with Crippen LogP contribution in [0.1, 0.15) is 24.0 Å². The second kappa shape index (κ2) is 7.18. The van der Waals surface area contributed by atoms with Crippen molar-refractivity contribution in [3.05, 3.63) is 70.8 Å². The highest BCUT2D eigenvalue weighted by Gasteiger charge is 2.22. The van der Waals surface area contributed by atoms with E-state index in [9.17, 15) is 4.79 Å². The van der Waals surface area contributed by atoms with Crippen LogP contribution in [0.5, 0.6) is 11.5 Å². The van der Waals surface area contributed by atoms with E-state index in [1.165, 1.54) is 0 Å². The highest BCUT2D eigenvalue weighted by molar-refractivity contribution is 6.15. The van der Waals surface area contributed by atoms with Crippen LogP contribution < -0.4 is 9.47 Å². The summed E-state index contributed by atoms with van der Waals surface area (Å²) in [6.45, 7) is 0. The third kappa shape index (κ3) is 3.57. The molecule has 2 aromatic carbocycles. The lowest BCUT2D eigenvalue weighted by atomic mass is 10.1. The monoisotopic (exact) mass is 320 g/mol. The number of methoxy groups -OCH3 is 2. The first-order chi connectivity index (χ1) is 11.7. The Bertz CT molecular complexity index is 748. The van der Waals surface area contributed by atoms with E-state index in [4.69, 9.17) is 9.47 Å². The molecule has 0 heterocycles. The molecule has 3 rings (SSSR count). The van der Waals surface area contributed by atoms with Crippen molar-refractivity contribution in [2.45, 2.75) is 12.8 Å². The number of allylic oxidation sites excluding steroid dienone is 2. The Kier molecular flexibility index (Phi) is 4.80. The number of Topliss-reactive ketones (excluding diaryl/α,β-unsaturated/α-hetero) is 1. The summed E-state index contributed by atoms with van der Waals surface area (Å²) in [6, 6.07) is 15.5. The molecule has 0 atom stereocenters. The maximum Gasteiger partial charge on any atom is 0.185 e. The van der Waals surface area contributed by atoms with E-state index in [0.717, 1.165) is 46.6 Å². The van der Waals surface area contributed by atoms with Gasteiger partial charge in [-0.1, -0.05) is 24.3 Å². The predicted molar refractivity (Wildman–Crippen MR) is 96.2 cm³/mol. The number of ketones is 1. The maximum atomic E-state index is 12.6. The van der Waals surface area contributed by atoms with E-state index in [2.05, 4.69) is 0 Å². The van der Waals surface area contributed by atoms with Crippen molar-refractivity contribution in [1.29, 1.82) is 0 Å². The molecule has 0 aliphatic heterocycles. The van der Waals surface area contributed by atoms with Gasteiger partial charge < -0.3 is 9.47 Å². The Morgan fingerprint density at radius 1 is 0.792 bits per heavy atom. The topological polar surface area (TPSA) is 35.5 Å². The Morgan fingerprint density at radius 3 is 1.67 bits per heavy atom. The highest BCUT2D eigenvalue weighted by Crippen LogP contribution is 2.30. The molecule has 122 valence electrons. The summed E-state index contributed by atoms with van der Waals surface area (Å²) in [7, 11) is 3.28. The normalized spacial score (nSPS) is 17.5. The summed E-state index contributed by atoms with van der Waals surface area (Å²) in [5.74, 6) is 1.71. The highest BCUT2D eigenvalue weighted by atomic mass is 16.5. The number of ether oxygens (including phenoxy) is 2. The van der Waals surface area contributed by atoms with E-state index in [1.807, 2.05) is 60.7 Å². The number of rotatable bonds is 4. The van der Waals surface area contributed by atoms with Gasteiger partial charge in [-0.05, 0) is 60.4 Å². The molecule has 0 amide bonds. The van der Waals surface area contributed by atoms with Crippen LogP contribution >= 0.6 is 0 Å². The van der Waals surface area contributed by atoms with Gasteiger partial charge in [0.1, 0.15) is 11.5 Å². The molecular formula is C21H20O3. The first-order valence-corrected chi connectivity index (χ1v) is 7.93. The lowest BCUT2D eigenvalue weighted by Crippen LogP contribution is -1.95. The molecular weight excluding hydrogens is 300 g/mol. The van der Waals surface area contributed by atoms with Gasteiger partial charge in [0.15, 0.2) is 5.78 Å². The van der Waals surface area contributed by atoms with Gasteiger partial charge in [-0.15, -0.1) is 0 Å². The van der Waals surface area contributed by atoms with Crippen LogP contribution in [0.4, 0.5) is 0 Å². The standard InChI is InChI=1S/C21H20O3/c1-23-19-7-3-5-15(13-19)11-17-9-10-18(21(17)22)12-16-6-4-8-20(14-16)24-2/h3-8,11-14H,9-10H2,1-2H3/b17-11-,18-12?. The number of benzene rings is 2. The predicted octanol–water partition coefficient (Wildman–Crippen LogP) is 4.53. The Labute approximate surface area is 142 Å². The lowest BCUT2D eigenvalue weighted by molar-refractivity contribution is -0.111. The molecule has 0 spiro atoms. The summed E-state index contributed by atoms with van der Waals surface area (Å²) in [4.78, 5) is 12.6. The number of carbonyl (C=O) groups is 1. The van der Waals surface area contributed by atoms with Gasteiger partial charge in [-0.2, -0.15) is 0 Å². The molecule has 0 radical (unpaired) electrons. The molecule has 1 fully saturated rings. The van der Waals surface area contributed by atoms with E-state index >= 15 is 0 Å². The Balaban J connectivity index is 1.83. The van der Waals surface area contributed by atoms with Gasteiger partial charge in [0.25, 0.3) is 0 Å². The molecule has 3 nitrogen and oxygen atoms in total. The van der Waals surface area contributed by atoms with Crippen molar-refractivity contribution < 1.29 is 14.3 Å². The van der Waals surface area contributed by atoms with Crippen LogP contribution in [0.15, 0.2) is 59.7 Å². The molecule has 0 unspecified atom stereocenters. The second-order valence-corrected chi connectivity index (χ2v) is 5.72. The third-order valence-electron chi connectivity index (χ3n) is 4.12. The van der Waals surface area contributed by atoms with Crippen LogP contribution in [0.3, 0.4) is 0 Å². The summed E-state index contributed by atoms with van der Waals surface area (Å²) < 4.78 is 10.5. The average Bonchev–Trinajstić information content (AvgIpc) is 2.95. The molecule has 24 heavy (non-hydrogen) atoms. The largest absolute Gasteiger partial charge is 0.497 e. The van der Waals surface area contributed by atoms with E-state index < -0.39 is 0 Å². The number of hydrogen-bond donors (Lipinski definition) is 0. The zero-order valence-electron chi connectivity index (χ0n) is 13.9. The second-order valence-electron chi connectivity index (χ2n) is 5.72. The molecule has 0 aromatic heterocycles. The van der Waals surface area contributed by atoms with Crippen LogP contribution in [0, 0.1) is 0 Å². The Morgan fingerprint density at radius 2 is 1.25 bits per heavy atom. The van der Waals surface area contributed by atoms with Gasteiger partial charge in [0.2, 0.25) is 0 Å². The summed E-state index contributed by atoms with van der Waals surface area (Å²) in [5, 5.41) is 0. The summed E-state index contributed by atoms with van der Waals surface area (Å²) in [6.07, 6.45) is 5.45. The molecule has 3 heteroatoms. The van der Waals surface area contributed by atoms with Crippen LogP contribution in [-0.4, -0.2) is 20.0 Å². The molecule has 0 N–H and O–H groups in total. The van der Waals surface area contributed by atoms with Gasteiger partial charge in [0.05, 0.1) is 14.2 Å². The van der Waals surface area contributed by atoms with Crippen molar-refractivity contribution >= 4 is 17.9 Å². The molecule has 1 aliphatic carbocycles. The fourth-order valence-corrected chi connectivity index (χ4v) is 2.84. The van der Waals surface area contributed by atoms with Gasteiger partial charge in [-0.25, -0.2) is 0 Å². The minimum Gasteiger partial charge on any atom is -0.497 e. The first kappa shape index (κ1) is 16.1. The average molecular weight is 320 g/mol. The summed E-state index contributed by atoms with van der Waals surface area (Å²) >= 11 is 0. The SMILES string of the molecule is COc1cccc(C=C2CC/C(=C/c3cccc(OC)c3)C2=O)c1. The van der Waals surface area contributed by atoms with Crippen molar-refractivity contribution in [2.75, 3.05) is 14.2 Å². The number of carbonyl (C=O) groups excluding carboxylic acids is 1. The van der Waals surface area contributed by atoms with Gasteiger partial charge >= 0.3 is 0 Å². The summed E-state index contributed by atoms with van der Waals surface area (Å²) in [5.41, 5.74) is 3.66. The van der Waals surface area contributed by atoms with Crippen LogP contribution in [-0.2, 0) is 4.79 Å². The van der Waals surface area contributed by atoms with E-state index in [1.54, 1.807) is 14.2 Å². The van der Waals surface area contributed by atoms with Crippen molar-refractivity contribution in [3.63, 3.8) is 0 Å². The quantitative estimate of drug-likeness (QED) is 0.776. The van der Waals surface area contributed by atoms with Crippen molar-refractivity contribution in [3.8, 4) is 11.5 Å².